The molecule has 1 aliphatic carbocycles. The van der Waals surface area contributed by atoms with Crippen molar-refractivity contribution < 1.29 is 9.18 Å². The van der Waals surface area contributed by atoms with Gasteiger partial charge in [-0.1, -0.05) is 12.1 Å². The molecule has 1 amide bonds. The van der Waals surface area contributed by atoms with Crippen LogP contribution in [0.2, 0.25) is 0 Å². The van der Waals surface area contributed by atoms with Gasteiger partial charge in [-0.15, -0.1) is 0 Å². The Hall–Kier alpha value is -2.50. The third kappa shape index (κ3) is 3.21. The number of aromatic nitrogens is 2. The lowest BCUT2D eigenvalue weighted by molar-refractivity contribution is 0.0947. The van der Waals surface area contributed by atoms with E-state index in [9.17, 15) is 14.0 Å². The molecule has 1 heterocycles. The van der Waals surface area contributed by atoms with Crippen molar-refractivity contribution in [2.45, 2.75) is 25.3 Å². The molecule has 0 spiro atoms. The van der Waals surface area contributed by atoms with Gasteiger partial charge in [-0.25, -0.2) is 9.07 Å². The Morgan fingerprint density at radius 3 is 2.77 bits per heavy atom. The molecule has 1 aliphatic rings. The van der Waals surface area contributed by atoms with Gasteiger partial charge in [0.1, 0.15) is 5.82 Å². The van der Waals surface area contributed by atoms with Gasteiger partial charge in [-0.05, 0) is 31.0 Å². The second-order valence-electron chi connectivity index (χ2n) is 5.33. The van der Waals surface area contributed by atoms with E-state index < -0.39 is 11.7 Å². The predicted molar refractivity (Wildman–Crippen MR) is 79.2 cm³/mol. The smallest absolute Gasteiger partial charge is 0.266 e. The molecular weight excluding hydrogens is 285 g/mol. The van der Waals surface area contributed by atoms with Crippen molar-refractivity contribution in [3.8, 4) is 0 Å². The Labute approximate surface area is 126 Å². The maximum absolute atomic E-state index is 13.5. The normalized spacial score (nSPS) is 13.9. The predicted octanol–water partition coefficient (Wildman–Crippen LogP) is 1.69. The lowest BCUT2D eigenvalue weighted by atomic mass is 10.2. The number of amides is 1. The number of carbonyl (C=O) groups excluding carboxylic acids is 1. The van der Waals surface area contributed by atoms with Gasteiger partial charge < -0.3 is 5.32 Å². The Balaban J connectivity index is 1.61. The summed E-state index contributed by atoms with van der Waals surface area (Å²) in [6.07, 6.45) is 2.21. The van der Waals surface area contributed by atoms with Gasteiger partial charge in [-0.3, -0.25) is 9.59 Å². The largest absolute Gasteiger partial charge is 0.350 e. The molecule has 1 saturated carbocycles. The van der Waals surface area contributed by atoms with Crippen LogP contribution in [0.15, 0.2) is 41.2 Å². The zero-order chi connectivity index (χ0) is 15.5. The Morgan fingerprint density at radius 2 is 2.05 bits per heavy atom. The lowest BCUT2D eigenvalue weighted by Gasteiger charge is -2.08. The molecule has 1 aromatic heterocycles. The minimum Gasteiger partial charge on any atom is -0.350 e. The van der Waals surface area contributed by atoms with Crippen LogP contribution >= 0.6 is 0 Å². The van der Waals surface area contributed by atoms with Crippen LogP contribution in [0, 0.1) is 5.82 Å². The van der Waals surface area contributed by atoms with Crippen LogP contribution in [-0.2, 0) is 6.54 Å². The summed E-state index contributed by atoms with van der Waals surface area (Å²) in [6.45, 7) is 0.480. The van der Waals surface area contributed by atoms with Gasteiger partial charge in [0.15, 0.2) is 0 Å². The molecule has 0 aliphatic heterocycles. The molecule has 1 fully saturated rings. The fourth-order valence-electron chi connectivity index (χ4n) is 2.24. The monoisotopic (exact) mass is 301 g/mol. The number of carbonyl (C=O) groups is 1. The molecule has 5 nitrogen and oxygen atoms in total. The number of nitrogens with zero attached hydrogens (tertiary/aromatic N) is 2. The van der Waals surface area contributed by atoms with Gasteiger partial charge in [0.25, 0.3) is 11.5 Å². The highest BCUT2D eigenvalue weighted by Crippen LogP contribution is 2.38. The molecular formula is C16H16FN3O2. The van der Waals surface area contributed by atoms with E-state index in [4.69, 9.17) is 0 Å². The minimum absolute atomic E-state index is 0.00506. The SMILES string of the molecule is O=C(NCCn1nc(C2CC2)ccc1=O)c1ccccc1F. The van der Waals surface area contributed by atoms with E-state index in [2.05, 4.69) is 10.4 Å². The molecule has 0 radical (unpaired) electrons. The van der Waals surface area contributed by atoms with Crippen LogP contribution in [-0.4, -0.2) is 22.2 Å². The van der Waals surface area contributed by atoms with Crippen LogP contribution in [0.5, 0.6) is 0 Å². The van der Waals surface area contributed by atoms with Crippen molar-refractivity contribution in [2.24, 2.45) is 0 Å². The van der Waals surface area contributed by atoms with E-state index in [0.717, 1.165) is 18.5 Å². The lowest BCUT2D eigenvalue weighted by Crippen LogP contribution is -2.32. The topological polar surface area (TPSA) is 64.0 Å². The number of rotatable bonds is 5. The van der Waals surface area contributed by atoms with E-state index in [1.165, 1.54) is 28.9 Å². The molecule has 3 rings (SSSR count). The second-order valence-corrected chi connectivity index (χ2v) is 5.33. The van der Waals surface area contributed by atoms with Crippen LogP contribution < -0.4 is 10.9 Å². The summed E-state index contributed by atoms with van der Waals surface area (Å²) in [5.41, 5.74) is 0.708. The number of hydrogen-bond acceptors (Lipinski definition) is 3. The fourth-order valence-corrected chi connectivity index (χ4v) is 2.24. The summed E-state index contributed by atoms with van der Waals surface area (Å²) in [6, 6.07) is 9.04. The van der Waals surface area contributed by atoms with Crippen molar-refractivity contribution in [1.29, 1.82) is 0 Å². The van der Waals surface area contributed by atoms with E-state index >= 15 is 0 Å². The number of hydrogen-bond donors (Lipinski definition) is 1. The van der Waals surface area contributed by atoms with E-state index in [1.807, 2.05) is 0 Å². The first kappa shape index (κ1) is 14.4. The van der Waals surface area contributed by atoms with Gasteiger partial charge in [-0.2, -0.15) is 5.10 Å². The third-order valence-electron chi connectivity index (χ3n) is 3.61. The van der Waals surface area contributed by atoms with Gasteiger partial charge in [0.05, 0.1) is 17.8 Å². The van der Waals surface area contributed by atoms with Crippen molar-refractivity contribution in [1.82, 2.24) is 15.1 Å². The average Bonchev–Trinajstić information content (AvgIpc) is 3.34. The van der Waals surface area contributed by atoms with Crippen LogP contribution in [0.1, 0.15) is 34.8 Å². The maximum Gasteiger partial charge on any atom is 0.266 e. The molecule has 1 N–H and O–H groups in total. The van der Waals surface area contributed by atoms with Crippen molar-refractivity contribution >= 4 is 5.91 Å². The van der Waals surface area contributed by atoms with Crippen LogP contribution in [0.25, 0.3) is 0 Å². The molecule has 6 heteroatoms. The molecule has 114 valence electrons. The minimum atomic E-state index is -0.564. The Morgan fingerprint density at radius 1 is 1.27 bits per heavy atom. The fraction of sp³-hybridized carbons (Fsp3) is 0.312. The van der Waals surface area contributed by atoms with Crippen LogP contribution in [0.4, 0.5) is 4.39 Å². The molecule has 1 aromatic carbocycles. The van der Waals surface area contributed by atoms with E-state index in [-0.39, 0.29) is 24.2 Å². The zero-order valence-corrected chi connectivity index (χ0v) is 12.0. The standard InChI is InChI=1S/C16H16FN3O2/c17-13-4-2-1-3-12(13)16(22)18-9-10-20-15(21)8-7-14(19-20)11-5-6-11/h1-4,7-8,11H,5-6,9-10H2,(H,18,22). The van der Waals surface area contributed by atoms with E-state index in [0.29, 0.717) is 5.92 Å². The summed E-state index contributed by atoms with van der Waals surface area (Å²) in [5.74, 6) is -0.602. The first-order valence-electron chi connectivity index (χ1n) is 7.26. The molecule has 0 bridgehead atoms. The summed E-state index contributed by atoms with van der Waals surface area (Å²) in [5, 5.41) is 6.90. The van der Waals surface area contributed by atoms with Crippen molar-refractivity contribution in [2.75, 3.05) is 6.54 Å². The second kappa shape index (κ2) is 6.09. The summed E-state index contributed by atoms with van der Waals surface area (Å²) in [4.78, 5) is 23.6. The number of nitrogens with one attached hydrogen (secondary N) is 1. The average molecular weight is 301 g/mol. The highest BCUT2D eigenvalue weighted by Gasteiger charge is 2.25. The summed E-state index contributed by atoms with van der Waals surface area (Å²) >= 11 is 0. The third-order valence-corrected chi connectivity index (χ3v) is 3.61. The van der Waals surface area contributed by atoms with Crippen LogP contribution in [0.3, 0.4) is 0 Å². The number of halogens is 1. The number of benzene rings is 1. The molecule has 0 unspecified atom stereocenters. The van der Waals surface area contributed by atoms with Crippen molar-refractivity contribution in [3.05, 3.63) is 63.8 Å². The highest BCUT2D eigenvalue weighted by atomic mass is 19.1. The van der Waals surface area contributed by atoms with Crippen molar-refractivity contribution in [3.63, 3.8) is 0 Å². The van der Waals surface area contributed by atoms with Gasteiger partial charge >= 0.3 is 0 Å². The molecule has 0 atom stereocenters. The summed E-state index contributed by atoms with van der Waals surface area (Å²) in [7, 11) is 0. The molecule has 0 saturated heterocycles. The Bertz CT molecular complexity index is 753. The Kier molecular flexibility index (Phi) is 4.00. The maximum atomic E-state index is 13.5. The first-order valence-corrected chi connectivity index (χ1v) is 7.26. The zero-order valence-electron chi connectivity index (χ0n) is 12.0. The quantitative estimate of drug-likeness (QED) is 0.914. The van der Waals surface area contributed by atoms with Gasteiger partial charge in [0.2, 0.25) is 0 Å². The first-order chi connectivity index (χ1) is 10.6. The summed E-state index contributed by atoms with van der Waals surface area (Å²) < 4.78 is 14.8. The van der Waals surface area contributed by atoms with Gasteiger partial charge in [0, 0.05) is 18.5 Å². The highest BCUT2D eigenvalue weighted by molar-refractivity contribution is 5.94. The molecule has 22 heavy (non-hydrogen) atoms. The molecule has 2 aromatic rings. The van der Waals surface area contributed by atoms with E-state index in [1.54, 1.807) is 12.1 Å².